The summed E-state index contributed by atoms with van der Waals surface area (Å²) in [7, 11) is -5.03. The molecule has 424 valence electrons. The van der Waals surface area contributed by atoms with Crippen molar-refractivity contribution in [2.45, 2.75) is 313 Å². The maximum absolute atomic E-state index is 12.9. The van der Waals surface area contributed by atoms with E-state index in [4.69, 9.17) is 18.5 Å². The zero-order valence-corrected chi connectivity index (χ0v) is 46.9. The van der Waals surface area contributed by atoms with Crippen molar-refractivity contribution in [2.75, 3.05) is 19.8 Å². The minimum absolute atomic E-state index is 0.0786. The number of unbranched alkanes of at least 4 members (excludes halogenated alkanes) is 34. The largest absolute Gasteiger partial charge is 0.472 e. The first-order valence-corrected chi connectivity index (χ1v) is 31.3. The SMILES string of the molecule is CCCCCCC/C=C\C/C=C\C/C=C\CCCCCCCCC(=O)OC(COCCCCCCCCCCCCCCCCCCCCCCCCCC)COP(=O)(O)OC1C(O)C(O)C(O)C(O)C1O. The Morgan fingerprint density at radius 2 is 0.778 bits per heavy atom. The van der Waals surface area contributed by atoms with Crippen LogP contribution in [0.1, 0.15) is 271 Å². The zero-order chi connectivity index (χ0) is 52.6. The Labute approximate surface area is 440 Å². The van der Waals surface area contributed by atoms with Crippen LogP contribution in [0.5, 0.6) is 0 Å². The summed E-state index contributed by atoms with van der Waals surface area (Å²) in [6.45, 7) is 4.29. The predicted molar refractivity (Wildman–Crippen MR) is 295 cm³/mol. The van der Waals surface area contributed by atoms with E-state index in [1.807, 2.05) is 0 Å². The van der Waals surface area contributed by atoms with Gasteiger partial charge in [0.25, 0.3) is 0 Å². The number of hydrogen-bond donors (Lipinski definition) is 6. The number of phosphoric acid groups is 1. The molecule has 0 saturated heterocycles. The molecule has 0 amide bonds. The molecule has 13 heteroatoms. The van der Waals surface area contributed by atoms with E-state index in [1.165, 1.54) is 173 Å². The quantitative estimate of drug-likeness (QED) is 0.0146. The van der Waals surface area contributed by atoms with Crippen molar-refractivity contribution < 1.29 is 58.3 Å². The number of esters is 1. The van der Waals surface area contributed by atoms with Gasteiger partial charge in [0, 0.05) is 13.0 Å². The number of carbonyl (C=O) groups is 1. The molecule has 0 aromatic carbocycles. The summed E-state index contributed by atoms with van der Waals surface area (Å²) in [5.74, 6) is -0.484. The fourth-order valence-electron chi connectivity index (χ4n) is 9.31. The summed E-state index contributed by atoms with van der Waals surface area (Å²) in [4.78, 5) is 23.3. The minimum atomic E-state index is -5.03. The van der Waals surface area contributed by atoms with Crippen LogP contribution in [0.4, 0.5) is 0 Å². The molecule has 0 heterocycles. The monoisotopic (exact) mass is 1040 g/mol. The molecule has 72 heavy (non-hydrogen) atoms. The lowest BCUT2D eigenvalue weighted by atomic mass is 9.85. The molecule has 1 rings (SSSR count). The molecule has 0 radical (unpaired) electrons. The van der Waals surface area contributed by atoms with Crippen LogP contribution in [0.25, 0.3) is 0 Å². The Bertz CT molecular complexity index is 1330. The van der Waals surface area contributed by atoms with Gasteiger partial charge in [0.2, 0.25) is 0 Å². The Morgan fingerprint density at radius 3 is 1.18 bits per heavy atom. The van der Waals surface area contributed by atoms with Gasteiger partial charge in [-0.2, -0.15) is 0 Å². The average molecular weight is 1040 g/mol. The summed E-state index contributed by atoms with van der Waals surface area (Å²) < 4.78 is 34.4. The second-order valence-corrected chi connectivity index (χ2v) is 22.3. The molecule has 0 aliphatic heterocycles. The third kappa shape index (κ3) is 39.9. The highest BCUT2D eigenvalue weighted by Gasteiger charge is 2.51. The number of rotatable bonds is 52. The van der Waals surface area contributed by atoms with E-state index in [0.29, 0.717) is 13.0 Å². The van der Waals surface area contributed by atoms with Crippen molar-refractivity contribution in [1.82, 2.24) is 0 Å². The van der Waals surface area contributed by atoms with E-state index < -0.39 is 63.1 Å². The van der Waals surface area contributed by atoms with Gasteiger partial charge in [-0.05, 0) is 51.4 Å². The third-order valence-electron chi connectivity index (χ3n) is 14.0. The highest BCUT2D eigenvalue weighted by atomic mass is 31.2. The number of ether oxygens (including phenoxy) is 2. The Kier molecular flexibility index (Phi) is 46.8. The second kappa shape index (κ2) is 49.2. The molecule has 0 aromatic heterocycles. The molecule has 6 N–H and O–H groups in total. The van der Waals surface area contributed by atoms with Gasteiger partial charge in [-0.1, -0.05) is 249 Å². The normalized spacial score (nSPS) is 20.8. The van der Waals surface area contributed by atoms with E-state index in [2.05, 4.69) is 50.3 Å². The highest BCUT2D eigenvalue weighted by Crippen LogP contribution is 2.47. The molecule has 0 aromatic rings. The average Bonchev–Trinajstić information content (AvgIpc) is 3.37. The van der Waals surface area contributed by atoms with Crippen LogP contribution in [0.15, 0.2) is 36.5 Å². The number of phosphoric ester groups is 1. The molecule has 1 aliphatic carbocycles. The topological polar surface area (TPSA) is 192 Å². The summed E-state index contributed by atoms with van der Waals surface area (Å²) in [5, 5.41) is 50.5. The van der Waals surface area contributed by atoms with E-state index in [0.717, 1.165) is 70.6 Å². The molecule has 0 spiro atoms. The maximum atomic E-state index is 12.9. The van der Waals surface area contributed by atoms with Crippen molar-refractivity contribution >= 4 is 13.8 Å². The van der Waals surface area contributed by atoms with Crippen LogP contribution in [0.2, 0.25) is 0 Å². The smallest absolute Gasteiger partial charge is 0.457 e. The van der Waals surface area contributed by atoms with Crippen molar-refractivity contribution in [3.05, 3.63) is 36.5 Å². The Balaban J connectivity index is 2.27. The van der Waals surface area contributed by atoms with E-state index in [1.54, 1.807) is 0 Å². The standard InChI is InChI=1S/C59H111O12P/c1-3-5-7-9-11-13-15-17-19-21-23-25-26-27-29-31-33-35-37-39-41-43-45-47-49-68-50-52(51-69-72(66,67)71-59-57(64)55(62)54(61)56(63)58(59)65)70-53(60)48-46-44-42-40-38-36-34-32-30-28-24-22-20-18-16-14-12-10-8-6-4-2/h16,18,22,24,30,32,52,54-59,61-65H,3-15,17,19-21,23,25-29,31,33-51H2,1-2H3,(H,66,67)/b18-16-,24-22-,32-30-. The first-order chi connectivity index (χ1) is 35.0. The number of hydrogen-bond acceptors (Lipinski definition) is 11. The van der Waals surface area contributed by atoms with Crippen molar-refractivity contribution in [2.24, 2.45) is 0 Å². The fraction of sp³-hybridized carbons (Fsp3) is 0.881. The first kappa shape index (κ1) is 68.6. The van der Waals surface area contributed by atoms with Crippen molar-refractivity contribution in [1.29, 1.82) is 0 Å². The van der Waals surface area contributed by atoms with Crippen LogP contribution in [-0.4, -0.2) is 98.9 Å². The van der Waals surface area contributed by atoms with Gasteiger partial charge in [-0.15, -0.1) is 0 Å². The van der Waals surface area contributed by atoms with Crippen LogP contribution in [0, 0.1) is 0 Å². The summed E-state index contributed by atoms with van der Waals surface area (Å²) in [6.07, 6.45) is 49.3. The summed E-state index contributed by atoms with van der Waals surface area (Å²) in [6, 6.07) is 0. The van der Waals surface area contributed by atoms with Crippen LogP contribution in [0.3, 0.4) is 0 Å². The number of aliphatic hydroxyl groups is 5. The van der Waals surface area contributed by atoms with E-state index in [-0.39, 0.29) is 13.0 Å². The molecule has 6 atom stereocenters. The van der Waals surface area contributed by atoms with E-state index in [9.17, 15) is 39.8 Å². The van der Waals surface area contributed by atoms with Gasteiger partial charge in [-0.3, -0.25) is 13.8 Å². The highest BCUT2D eigenvalue weighted by molar-refractivity contribution is 7.47. The zero-order valence-electron chi connectivity index (χ0n) is 46.0. The third-order valence-corrected chi connectivity index (χ3v) is 15.0. The number of allylic oxidation sites excluding steroid dienone is 6. The predicted octanol–water partition coefficient (Wildman–Crippen LogP) is 14.5. The van der Waals surface area contributed by atoms with Crippen molar-refractivity contribution in [3.63, 3.8) is 0 Å². The molecule has 1 aliphatic rings. The molecule has 0 bridgehead atoms. The van der Waals surface area contributed by atoms with Gasteiger partial charge in [0.05, 0.1) is 13.2 Å². The lowest BCUT2D eigenvalue weighted by Crippen LogP contribution is -2.64. The maximum Gasteiger partial charge on any atom is 0.472 e. The fourth-order valence-corrected chi connectivity index (χ4v) is 10.3. The van der Waals surface area contributed by atoms with Gasteiger partial charge in [0.15, 0.2) is 0 Å². The van der Waals surface area contributed by atoms with Gasteiger partial charge in [-0.25, -0.2) is 4.57 Å². The lowest BCUT2D eigenvalue weighted by molar-refractivity contribution is -0.220. The molecule has 12 nitrogen and oxygen atoms in total. The first-order valence-electron chi connectivity index (χ1n) is 29.8. The van der Waals surface area contributed by atoms with Crippen LogP contribution >= 0.6 is 7.82 Å². The molecule has 6 unspecified atom stereocenters. The van der Waals surface area contributed by atoms with Gasteiger partial charge < -0.3 is 39.9 Å². The Morgan fingerprint density at radius 1 is 0.444 bits per heavy atom. The van der Waals surface area contributed by atoms with Crippen molar-refractivity contribution in [3.8, 4) is 0 Å². The second-order valence-electron chi connectivity index (χ2n) is 20.9. The number of aliphatic hydroxyl groups excluding tert-OH is 5. The van der Waals surface area contributed by atoms with Crippen LogP contribution in [-0.2, 0) is 27.9 Å². The summed E-state index contributed by atoms with van der Waals surface area (Å²) in [5.41, 5.74) is 0. The van der Waals surface area contributed by atoms with E-state index >= 15 is 0 Å². The van der Waals surface area contributed by atoms with Gasteiger partial charge >= 0.3 is 13.8 Å². The molecular formula is C59H111O12P. The number of carbonyl (C=O) groups excluding carboxylic acids is 1. The van der Waals surface area contributed by atoms with Crippen LogP contribution < -0.4 is 0 Å². The Hall–Kier alpha value is -1.44. The molecular weight excluding hydrogens is 932 g/mol. The summed E-state index contributed by atoms with van der Waals surface area (Å²) >= 11 is 0. The molecule has 1 saturated carbocycles. The minimum Gasteiger partial charge on any atom is -0.457 e. The lowest BCUT2D eigenvalue weighted by Gasteiger charge is -2.41. The van der Waals surface area contributed by atoms with Gasteiger partial charge in [0.1, 0.15) is 42.7 Å². The molecule has 1 fully saturated rings.